The Hall–Kier alpha value is -2.04. The number of anilines is 2. The fourth-order valence-electron chi connectivity index (χ4n) is 3.16. The predicted molar refractivity (Wildman–Crippen MR) is 135 cm³/mol. The number of morpholine rings is 1. The van der Waals surface area contributed by atoms with Crippen LogP contribution in [0.2, 0.25) is 10.0 Å². The summed E-state index contributed by atoms with van der Waals surface area (Å²) < 4.78 is 5.40. The van der Waals surface area contributed by atoms with E-state index in [0.29, 0.717) is 39.3 Å². The van der Waals surface area contributed by atoms with Gasteiger partial charge in [0.1, 0.15) is 0 Å². The summed E-state index contributed by atoms with van der Waals surface area (Å²) >= 11 is 17.7. The Morgan fingerprint density at radius 3 is 2.53 bits per heavy atom. The molecular formula is C21H27Cl2N7OS. The molecule has 0 unspecified atom stereocenters. The number of rotatable bonds is 6. The van der Waals surface area contributed by atoms with Crippen LogP contribution < -0.4 is 16.0 Å². The lowest BCUT2D eigenvalue weighted by Gasteiger charge is -2.26. The van der Waals surface area contributed by atoms with Crippen molar-refractivity contribution in [2.24, 2.45) is 4.99 Å². The number of hydrogen-bond acceptors (Lipinski definition) is 6. The fourth-order valence-corrected chi connectivity index (χ4v) is 3.82. The Balaban J connectivity index is 1.64. The molecule has 1 aliphatic rings. The SMILES string of the molecule is Cc1cc(C)nc(NC(=NCCCN2CCOCC2)NC(=S)Nc2ccc(Cl)cc2Cl)n1. The zero-order valence-corrected chi connectivity index (χ0v) is 20.4. The molecule has 0 aliphatic carbocycles. The van der Waals surface area contributed by atoms with E-state index in [1.807, 2.05) is 19.9 Å². The molecule has 0 spiro atoms. The van der Waals surface area contributed by atoms with Gasteiger partial charge < -0.3 is 15.4 Å². The number of aliphatic imine (C=N–C) groups is 1. The molecule has 1 fully saturated rings. The first-order valence-electron chi connectivity index (χ1n) is 10.4. The summed E-state index contributed by atoms with van der Waals surface area (Å²) in [5, 5.41) is 10.6. The molecule has 0 amide bonds. The first-order valence-corrected chi connectivity index (χ1v) is 11.5. The highest BCUT2D eigenvalue weighted by molar-refractivity contribution is 7.80. The second-order valence-corrected chi connectivity index (χ2v) is 8.59. The van der Waals surface area contributed by atoms with E-state index < -0.39 is 0 Å². The Morgan fingerprint density at radius 2 is 1.84 bits per heavy atom. The number of halogens is 2. The number of aromatic nitrogens is 2. The highest BCUT2D eigenvalue weighted by Gasteiger charge is 2.11. The number of hydrogen-bond donors (Lipinski definition) is 3. The van der Waals surface area contributed by atoms with E-state index in [-0.39, 0.29) is 0 Å². The van der Waals surface area contributed by atoms with Gasteiger partial charge in [0.2, 0.25) is 11.9 Å². The van der Waals surface area contributed by atoms with Gasteiger partial charge in [-0.25, -0.2) is 9.97 Å². The molecule has 2 aromatic rings. The molecule has 11 heteroatoms. The van der Waals surface area contributed by atoms with Crippen molar-refractivity contribution in [2.75, 3.05) is 50.0 Å². The summed E-state index contributed by atoms with van der Waals surface area (Å²) in [6.07, 6.45) is 0.907. The van der Waals surface area contributed by atoms with Crippen LogP contribution in [0.1, 0.15) is 17.8 Å². The van der Waals surface area contributed by atoms with Crippen LogP contribution in [0.15, 0.2) is 29.3 Å². The zero-order chi connectivity index (χ0) is 22.9. The molecule has 1 saturated heterocycles. The number of nitrogens with one attached hydrogen (secondary N) is 3. The van der Waals surface area contributed by atoms with Crippen LogP contribution in [-0.4, -0.2) is 65.3 Å². The van der Waals surface area contributed by atoms with Crippen molar-refractivity contribution < 1.29 is 4.74 Å². The molecule has 1 aliphatic heterocycles. The van der Waals surface area contributed by atoms with Crippen molar-refractivity contribution in [3.63, 3.8) is 0 Å². The quantitative estimate of drug-likeness (QED) is 0.241. The molecule has 2 heterocycles. The van der Waals surface area contributed by atoms with E-state index in [2.05, 4.69) is 35.8 Å². The molecule has 1 aromatic carbocycles. The Labute approximate surface area is 203 Å². The third-order valence-corrected chi connectivity index (χ3v) is 5.38. The minimum atomic E-state index is 0.332. The average Bonchev–Trinajstić information content (AvgIpc) is 2.73. The first-order chi connectivity index (χ1) is 15.4. The Kier molecular flexibility index (Phi) is 9.43. The molecule has 172 valence electrons. The van der Waals surface area contributed by atoms with E-state index in [1.54, 1.807) is 18.2 Å². The third kappa shape index (κ3) is 8.14. The molecule has 0 atom stereocenters. The number of thiocarbonyl (C=S) groups is 1. The van der Waals surface area contributed by atoms with Crippen molar-refractivity contribution in [3.8, 4) is 0 Å². The lowest BCUT2D eigenvalue weighted by atomic mass is 10.3. The van der Waals surface area contributed by atoms with Crippen molar-refractivity contribution in [1.82, 2.24) is 20.2 Å². The molecule has 3 rings (SSSR count). The van der Waals surface area contributed by atoms with Crippen molar-refractivity contribution in [1.29, 1.82) is 0 Å². The lowest BCUT2D eigenvalue weighted by Crippen LogP contribution is -2.39. The maximum Gasteiger partial charge on any atom is 0.229 e. The van der Waals surface area contributed by atoms with Crippen LogP contribution in [0.5, 0.6) is 0 Å². The van der Waals surface area contributed by atoms with E-state index in [4.69, 9.17) is 40.2 Å². The topological polar surface area (TPSA) is 86.7 Å². The molecule has 32 heavy (non-hydrogen) atoms. The number of aryl methyl sites for hydroxylation is 2. The van der Waals surface area contributed by atoms with Gasteiger partial charge in [-0.15, -0.1) is 0 Å². The first kappa shape index (κ1) is 24.6. The third-order valence-electron chi connectivity index (χ3n) is 4.63. The largest absolute Gasteiger partial charge is 0.379 e. The molecule has 8 nitrogen and oxygen atoms in total. The maximum atomic E-state index is 6.24. The van der Waals surface area contributed by atoms with Gasteiger partial charge in [0.25, 0.3) is 0 Å². The van der Waals surface area contributed by atoms with Gasteiger partial charge in [0.15, 0.2) is 5.11 Å². The smallest absolute Gasteiger partial charge is 0.229 e. The van der Waals surface area contributed by atoms with Crippen molar-refractivity contribution in [2.45, 2.75) is 20.3 Å². The summed E-state index contributed by atoms with van der Waals surface area (Å²) in [4.78, 5) is 15.9. The van der Waals surface area contributed by atoms with Gasteiger partial charge in [0, 0.05) is 42.6 Å². The van der Waals surface area contributed by atoms with E-state index in [0.717, 1.165) is 50.7 Å². The molecule has 0 radical (unpaired) electrons. The zero-order valence-electron chi connectivity index (χ0n) is 18.1. The highest BCUT2D eigenvalue weighted by Crippen LogP contribution is 2.25. The van der Waals surface area contributed by atoms with E-state index >= 15 is 0 Å². The van der Waals surface area contributed by atoms with Crippen LogP contribution >= 0.6 is 35.4 Å². The average molecular weight is 496 g/mol. The standard InChI is InChI=1S/C21H27Cl2N7OS/c1-14-12-15(2)26-20(25-14)28-19(24-6-3-7-30-8-10-31-11-9-30)29-21(32)27-18-5-4-16(22)13-17(18)23/h4-5,12-13H,3,6-11H2,1-2H3,(H3,24,25,26,27,28,29,32). The molecule has 1 aromatic heterocycles. The van der Waals surface area contributed by atoms with Gasteiger partial charge >= 0.3 is 0 Å². The minimum Gasteiger partial charge on any atom is -0.379 e. The number of benzene rings is 1. The number of ether oxygens (including phenoxy) is 1. The fraction of sp³-hybridized carbons (Fsp3) is 0.429. The maximum absolute atomic E-state index is 6.24. The van der Waals surface area contributed by atoms with Crippen LogP contribution in [0.3, 0.4) is 0 Å². The number of guanidine groups is 1. The second-order valence-electron chi connectivity index (χ2n) is 7.34. The van der Waals surface area contributed by atoms with E-state index in [9.17, 15) is 0 Å². The molecule has 3 N–H and O–H groups in total. The lowest BCUT2D eigenvalue weighted by molar-refractivity contribution is 0.0377. The monoisotopic (exact) mass is 495 g/mol. The minimum absolute atomic E-state index is 0.332. The second kappa shape index (κ2) is 12.3. The van der Waals surface area contributed by atoms with Gasteiger partial charge in [0.05, 0.1) is 23.9 Å². The summed E-state index contributed by atoms with van der Waals surface area (Å²) in [6, 6.07) is 7.06. The Morgan fingerprint density at radius 1 is 1.12 bits per heavy atom. The van der Waals surface area contributed by atoms with Gasteiger partial charge in [-0.05, 0) is 56.8 Å². The summed E-state index contributed by atoms with van der Waals surface area (Å²) in [7, 11) is 0. The van der Waals surface area contributed by atoms with Crippen LogP contribution in [-0.2, 0) is 4.74 Å². The van der Waals surface area contributed by atoms with Crippen LogP contribution in [0.25, 0.3) is 0 Å². The van der Waals surface area contributed by atoms with Crippen LogP contribution in [0, 0.1) is 13.8 Å². The van der Waals surface area contributed by atoms with Gasteiger partial charge in [-0.1, -0.05) is 23.2 Å². The van der Waals surface area contributed by atoms with E-state index in [1.165, 1.54) is 0 Å². The van der Waals surface area contributed by atoms with Gasteiger partial charge in [-0.2, -0.15) is 0 Å². The summed E-state index contributed by atoms with van der Waals surface area (Å²) in [5.74, 6) is 0.911. The predicted octanol–water partition coefficient (Wildman–Crippen LogP) is 3.88. The van der Waals surface area contributed by atoms with Crippen molar-refractivity contribution in [3.05, 3.63) is 45.7 Å². The molecule has 0 saturated carbocycles. The van der Waals surface area contributed by atoms with Gasteiger partial charge in [-0.3, -0.25) is 15.2 Å². The molecular weight excluding hydrogens is 469 g/mol. The van der Waals surface area contributed by atoms with Crippen molar-refractivity contribution >= 4 is 58.1 Å². The summed E-state index contributed by atoms with van der Waals surface area (Å²) in [5.41, 5.74) is 2.36. The van der Waals surface area contributed by atoms with Crippen LogP contribution in [0.4, 0.5) is 11.6 Å². The number of nitrogens with zero attached hydrogens (tertiary/aromatic N) is 4. The molecule has 0 bridgehead atoms. The Bertz CT molecular complexity index is 947. The normalized spacial score (nSPS) is 14.8. The summed E-state index contributed by atoms with van der Waals surface area (Å²) in [6.45, 7) is 8.90. The highest BCUT2D eigenvalue weighted by atomic mass is 35.5.